The van der Waals surface area contributed by atoms with Crippen LogP contribution in [0.15, 0.2) is 113 Å². The SMILES string of the molecule is CC1CCCN1C(=O)C(NC(=O)CCCCCCOc1cccc(NC(=O)/C(N)=C2\CN(C(=O)c3ccc[nH]3)CC(C)(C)C2=NCc2ccc(F)cc2)c1)C(C)(C)C.Cc1ncsc1-c1ccc(CNC=O)cc1. The van der Waals surface area contributed by atoms with E-state index in [1.54, 1.807) is 64.9 Å². The average molecular weight is 1030 g/mol. The highest BCUT2D eigenvalue weighted by Crippen LogP contribution is 2.33. The van der Waals surface area contributed by atoms with Crippen LogP contribution in [0.4, 0.5) is 10.1 Å². The third-order valence-corrected chi connectivity index (χ3v) is 14.1. The monoisotopic (exact) mass is 1030 g/mol. The summed E-state index contributed by atoms with van der Waals surface area (Å²) in [5.41, 5.74) is 13.5. The van der Waals surface area contributed by atoms with Crippen molar-refractivity contribution in [3.05, 3.63) is 136 Å². The van der Waals surface area contributed by atoms with E-state index in [0.29, 0.717) is 67.4 Å². The van der Waals surface area contributed by atoms with E-state index in [1.165, 1.54) is 22.6 Å². The molecule has 17 heteroatoms. The fourth-order valence-corrected chi connectivity index (χ4v) is 9.90. The van der Waals surface area contributed by atoms with Crippen molar-refractivity contribution < 1.29 is 33.1 Å². The molecule has 3 aromatic carbocycles. The minimum absolute atomic E-state index is 0.00656. The maximum atomic E-state index is 13.7. The van der Waals surface area contributed by atoms with Gasteiger partial charge in [-0.1, -0.05) is 89.9 Å². The summed E-state index contributed by atoms with van der Waals surface area (Å²) in [7, 11) is 0. The lowest BCUT2D eigenvalue weighted by Gasteiger charge is -2.41. The van der Waals surface area contributed by atoms with Crippen LogP contribution in [0.5, 0.6) is 5.75 Å². The van der Waals surface area contributed by atoms with Crippen molar-refractivity contribution in [2.24, 2.45) is 21.6 Å². The van der Waals surface area contributed by atoms with Gasteiger partial charge in [0.05, 0.1) is 35.8 Å². The van der Waals surface area contributed by atoms with Crippen molar-refractivity contribution in [3.8, 4) is 16.2 Å². The Morgan fingerprint density at radius 2 is 1.73 bits per heavy atom. The molecule has 2 saturated heterocycles. The Bertz CT molecular complexity index is 2750. The maximum Gasteiger partial charge on any atom is 0.271 e. The lowest BCUT2D eigenvalue weighted by Crippen LogP contribution is -2.55. The third kappa shape index (κ3) is 15.7. The van der Waals surface area contributed by atoms with Gasteiger partial charge in [0.2, 0.25) is 18.2 Å². The number of carbonyl (C=O) groups excluding carboxylic acids is 5. The van der Waals surface area contributed by atoms with E-state index in [1.807, 2.05) is 70.2 Å². The van der Waals surface area contributed by atoms with Crippen molar-refractivity contribution >= 4 is 52.8 Å². The molecule has 2 fully saturated rings. The Kier molecular flexibility index (Phi) is 19.9. The number of nitrogens with one attached hydrogen (secondary N) is 4. The number of halogens is 1. The number of benzene rings is 3. The predicted molar refractivity (Wildman–Crippen MR) is 290 cm³/mol. The summed E-state index contributed by atoms with van der Waals surface area (Å²) < 4.78 is 19.6. The van der Waals surface area contributed by atoms with Gasteiger partial charge in [-0.05, 0) is 98.0 Å². The first-order valence-electron chi connectivity index (χ1n) is 25.4. The first kappa shape index (κ1) is 56.2. The molecule has 4 heterocycles. The van der Waals surface area contributed by atoms with Gasteiger partial charge in [-0.25, -0.2) is 9.37 Å². The summed E-state index contributed by atoms with van der Waals surface area (Å²) in [5, 5.41) is 8.55. The number of rotatable bonds is 19. The van der Waals surface area contributed by atoms with Crippen molar-refractivity contribution in [2.75, 3.05) is 31.6 Å². The van der Waals surface area contributed by atoms with Gasteiger partial charge in [0.25, 0.3) is 11.8 Å². The highest BCUT2D eigenvalue weighted by Gasteiger charge is 2.41. The number of aryl methyl sites for hydroxylation is 1. The predicted octanol–water partition coefficient (Wildman–Crippen LogP) is 9.36. The molecule has 2 aromatic heterocycles. The zero-order valence-corrected chi connectivity index (χ0v) is 44.6. The smallest absolute Gasteiger partial charge is 0.271 e. The average Bonchev–Trinajstić information content (AvgIpc) is 4.17. The van der Waals surface area contributed by atoms with Crippen molar-refractivity contribution in [1.29, 1.82) is 0 Å². The number of piperidine rings is 1. The number of unbranched alkanes of at least 4 members (excludes halogenated alkanes) is 3. The van der Waals surface area contributed by atoms with Crippen molar-refractivity contribution in [2.45, 2.75) is 119 Å². The molecule has 5 aromatic rings. The molecule has 2 aliphatic heterocycles. The number of H-pyrrole nitrogens is 1. The largest absolute Gasteiger partial charge is 0.494 e. The molecule has 0 radical (unpaired) electrons. The Morgan fingerprint density at radius 1 is 1.00 bits per heavy atom. The van der Waals surface area contributed by atoms with E-state index in [4.69, 9.17) is 15.5 Å². The molecule has 0 aliphatic carbocycles. The Labute approximate surface area is 438 Å². The maximum absolute atomic E-state index is 13.7. The number of nitrogens with zero attached hydrogens (tertiary/aromatic N) is 4. The first-order chi connectivity index (χ1) is 35.3. The van der Waals surface area contributed by atoms with Gasteiger partial charge < -0.3 is 41.2 Å². The molecule has 5 amide bonds. The highest BCUT2D eigenvalue weighted by molar-refractivity contribution is 7.13. The Hall–Kier alpha value is -7.14. The normalized spacial score (nSPS) is 16.9. The summed E-state index contributed by atoms with van der Waals surface area (Å²) >= 11 is 1.64. The number of ether oxygens (including phenoxy) is 1. The number of likely N-dealkylation sites (tertiary alicyclic amines) is 2. The second kappa shape index (κ2) is 26.2. The zero-order chi connectivity index (χ0) is 53.4. The van der Waals surface area contributed by atoms with Crippen LogP contribution in [0.1, 0.15) is 114 Å². The van der Waals surface area contributed by atoms with E-state index in [2.05, 4.69) is 45.0 Å². The van der Waals surface area contributed by atoms with Crippen molar-refractivity contribution in [1.82, 2.24) is 30.4 Å². The molecule has 7 rings (SSSR count). The lowest BCUT2D eigenvalue weighted by atomic mass is 9.78. The third-order valence-electron chi connectivity index (χ3n) is 13.1. The van der Waals surface area contributed by atoms with Gasteiger partial charge >= 0.3 is 0 Å². The topological polar surface area (TPSA) is 204 Å². The fraction of sp³-hybridized carbons (Fsp3) is 0.421. The Morgan fingerprint density at radius 3 is 2.38 bits per heavy atom. The molecular weight excluding hydrogens is 958 g/mol. The highest BCUT2D eigenvalue weighted by atomic mass is 32.1. The van der Waals surface area contributed by atoms with E-state index in [-0.39, 0.29) is 53.8 Å². The molecule has 394 valence electrons. The minimum atomic E-state index is -0.664. The van der Waals surface area contributed by atoms with Crippen LogP contribution >= 0.6 is 11.3 Å². The van der Waals surface area contributed by atoms with E-state index >= 15 is 0 Å². The standard InChI is InChI=1S/C45H60FN7O5.C12H12N2OS/c1-30-14-13-24-53(30)43(57)40(44(2,3)4)51-37(54)18-9-7-8-10-25-58-34-16-11-15-33(26-34)50-41(55)38(47)35-28-52(42(56)36-17-12-23-48-36)29-45(5,6)39(35)49-27-31-19-21-32(46)22-20-31;1-9-12(16-8-14-9)11-4-2-10(3-5-11)6-13-7-15/h11-12,15-17,19-23,26,30,40,48H,7-10,13-14,18,24-25,27-29,47H2,1-6H3,(H,50,55)(H,51,54);2-5,7-8H,6H2,1H3,(H,13,15)/b38-35-,49-39?;. The van der Waals surface area contributed by atoms with Crippen LogP contribution < -0.4 is 26.4 Å². The van der Waals surface area contributed by atoms with Gasteiger partial charge in [-0.15, -0.1) is 11.3 Å². The number of aliphatic imine (C=N–C) groups is 1. The number of nitrogens with two attached hydrogens (primary N) is 1. The second-order valence-electron chi connectivity index (χ2n) is 20.7. The molecule has 0 spiro atoms. The lowest BCUT2D eigenvalue weighted by molar-refractivity contribution is -0.140. The number of anilines is 1. The minimum Gasteiger partial charge on any atom is -0.494 e. The van der Waals surface area contributed by atoms with Crippen LogP contribution in [0.3, 0.4) is 0 Å². The molecule has 15 nitrogen and oxygen atoms in total. The molecule has 0 saturated carbocycles. The Balaban J connectivity index is 0.000000470. The number of hydrogen-bond donors (Lipinski definition) is 5. The summed E-state index contributed by atoms with van der Waals surface area (Å²) in [5.74, 6) is -0.621. The fourth-order valence-electron chi connectivity index (χ4n) is 9.09. The number of aromatic nitrogens is 2. The first-order valence-corrected chi connectivity index (χ1v) is 26.2. The van der Waals surface area contributed by atoms with Crippen LogP contribution in [0.2, 0.25) is 0 Å². The number of thiazole rings is 1. The van der Waals surface area contributed by atoms with Crippen LogP contribution in [-0.2, 0) is 32.3 Å². The number of amides is 5. The van der Waals surface area contributed by atoms with E-state index < -0.39 is 17.4 Å². The summed E-state index contributed by atoms with van der Waals surface area (Å²) in [6.07, 6.45) is 7.94. The molecule has 6 N–H and O–H groups in total. The van der Waals surface area contributed by atoms with Gasteiger partial charge in [0.1, 0.15) is 29.0 Å². The van der Waals surface area contributed by atoms with Crippen LogP contribution in [0, 0.1) is 23.6 Å². The molecule has 0 bridgehead atoms. The number of carbonyl (C=O) groups is 5. The summed E-state index contributed by atoms with van der Waals surface area (Å²) in [6.45, 7) is 16.4. The number of aromatic amines is 1. The van der Waals surface area contributed by atoms with Gasteiger partial charge in [-0.2, -0.15) is 0 Å². The van der Waals surface area contributed by atoms with E-state index in [0.717, 1.165) is 55.5 Å². The summed E-state index contributed by atoms with van der Waals surface area (Å²) in [4.78, 5) is 80.3. The van der Waals surface area contributed by atoms with Crippen LogP contribution in [-0.4, -0.2) is 93.8 Å². The van der Waals surface area contributed by atoms with Gasteiger partial charge in [0.15, 0.2) is 0 Å². The van der Waals surface area contributed by atoms with E-state index in [9.17, 15) is 28.4 Å². The number of hydrogen-bond acceptors (Lipinski definition) is 10. The molecule has 2 aliphatic rings. The zero-order valence-electron chi connectivity index (χ0n) is 43.8. The second-order valence-corrected chi connectivity index (χ2v) is 21.5. The van der Waals surface area contributed by atoms with Gasteiger partial charge in [-0.3, -0.25) is 29.0 Å². The molecule has 2 atom stereocenters. The molecule has 74 heavy (non-hydrogen) atoms. The molecule has 2 unspecified atom stereocenters. The quantitative estimate of drug-likeness (QED) is 0.0306. The molecular formula is C57H72FN9O6S. The van der Waals surface area contributed by atoms with Crippen LogP contribution in [0.25, 0.3) is 10.4 Å². The van der Waals surface area contributed by atoms with Gasteiger partial charge in [0, 0.05) is 66.7 Å². The summed E-state index contributed by atoms with van der Waals surface area (Å²) in [6, 6.07) is 24.4. The van der Waals surface area contributed by atoms with Crippen molar-refractivity contribution in [3.63, 3.8) is 0 Å².